The molecule has 1 amide bonds. The van der Waals surface area contributed by atoms with Crippen molar-refractivity contribution in [3.05, 3.63) is 12.2 Å². The number of amides is 1. The molecular weight excluding hydrogens is 171 g/mol. The van der Waals surface area contributed by atoms with Gasteiger partial charge in [0.05, 0.1) is 6.04 Å². The Balaban J connectivity index is 2.80. The second-order valence-electron chi connectivity index (χ2n) is 3.78. The van der Waals surface area contributed by atoms with Crippen LogP contribution in [0.5, 0.6) is 0 Å². The van der Waals surface area contributed by atoms with Crippen molar-refractivity contribution in [2.45, 2.75) is 25.1 Å². The SMILES string of the molecule is C=C(C)C1(F)CC(C(N)=O)N(C)C1. The maximum absolute atomic E-state index is 13.9. The summed E-state index contributed by atoms with van der Waals surface area (Å²) in [5.74, 6) is -0.469. The summed E-state index contributed by atoms with van der Waals surface area (Å²) in [6, 6.07) is -0.498. The lowest BCUT2D eigenvalue weighted by Crippen LogP contribution is -2.37. The van der Waals surface area contributed by atoms with Crippen LogP contribution in [-0.4, -0.2) is 36.1 Å². The molecule has 4 heteroatoms. The van der Waals surface area contributed by atoms with E-state index < -0.39 is 17.6 Å². The molecule has 0 aliphatic carbocycles. The van der Waals surface area contributed by atoms with E-state index in [1.165, 1.54) is 0 Å². The zero-order valence-electron chi connectivity index (χ0n) is 8.01. The van der Waals surface area contributed by atoms with E-state index >= 15 is 0 Å². The predicted octanol–water partition coefficient (Wildman–Crippen LogP) is 0.460. The Morgan fingerprint density at radius 1 is 1.77 bits per heavy atom. The molecule has 1 aliphatic heterocycles. The third-order valence-corrected chi connectivity index (χ3v) is 2.64. The second kappa shape index (κ2) is 3.10. The van der Waals surface area contributed by atoms with Crippen LogP contribution >= 0.6 is 0 Å². The average Bonchev–Trinajstić information content (AvgIpc) is 2.28. The molecule has 1 saturated heterocycles. The zero-order valence-corrected chi connectivity index (χ0v) is 8.01. The van der Waals surface area contributed by atoms with Crippen molar-refractivity contribution in [2.24, 2.45) is 5.73 Å². The summed E-state index contributed by atoms with van der Waals surface area (Å²) in [6.07, 6.45) is 0.133. The maximum atomic E-state index is 13.9. The van der Waals surface area contributed by atoms with Gasteiger partial charge >= 0.3 is 0 Å². The molecule has 0 bridgehead atoms. The van der Waals surface area contributed by atoms with Crippen molar-refractivity contribution in [1.82, 2.24) is 4.90 Å². The number of hydrogen-bond donors (Lipinski definition) is 1. The van der Waals surface area contributed by atoms with Gasteiger partial charge in [-0.25, -0.2) is 4.39 Å². The Kier molecular flexibility index (Phi) is 2.43. The molecule has 0 radical (unpaired) electrons. The molecule has 0 aromatic rings. The number of rotatable bonds is 2. The lowest BCUT2D eigenvalue weighted by molar-refractivity contribution is -0.121. The molecular formula is C9H15FN2O. The number of alkyl halides is 1. The van der Waals surface area contributed by atoms with Crippen LogP contribution in [0, 0.1) is 0 Å². The minimum Gasteiger partial charge on any atom is -0.368 e. The van der Waals surface area contributed by atoms with Gasteiger partial charge in [-0.15, -0.1) is 0 Å². The van der Waals surface area contributed by atoms with Gasteiger partial charge in [0.2, 0.25) is 5.91 Å². The molecule has 13 heavy (non-hydrogen) atoms. The molecule has 1 heterocycles. The highest BCUT2D eigenvalue weighted by atomic mass is 19.1. The largest absolute Gasteiger partial charge is 0.368 e. The smallest absolute Gasteiger partial charge is 0.234 e. The molecule has 1 rings (SSSR count). The highest BCUT2D eigenvalue weighted by Gasteiger charge is 2.45. The lowest BCUT2D eigenvalue weighted by atomic mass is 9.95. The fraction of sp³-hybridized carbons (Fsp3) is 0.667. The first-order valence-corrected chi connectivity index (χ1v) is 4.21. The van der Waals surface area contributed by atoms with E-state index in [9.17, 15) is 9.18 Å². The molecule has 2 unspecified atom stereocenters. The molecule has 2 atom stereocenters. The Labute approximate surface area is 77.4 Å². The zero-order chi connectivity index (χ0) is 10.2. The van der Waals surface area contributed by atoms with E-state index in [0.717, 1.165) is 0 Å². The number of nitrogens with two attached hydrogens (primary N) is 1. The fourth-order valence-electron chi connectivity index (χ4n) is 1.66. The summed E-state index contributed by atoms with van der Waals surface area (Å²) in [4.78, 5) is 12.5. The third-order valence-electron chi connectivity index (χ3n) is 2.64. The van der Waals surface area contributed by atoms with Crippen LogP contribution in [0.15, 0.2) is 12.2 Å². The molecule has 0 aromatic heterocycles. The molecule has 1 fully saturated rings. The monoisotopic (exact) mass is 186 g/mol. The van der Waals surface area contributed by atoms with E-state index in [4.69, 9.17) is 5.73 Å². The summed E-state index contributed by atoms with van der Waals surface area (Å²) in [5, 5.41) is 0. The maximum Gasteiger partial charge on any atom is 0.234 e. The highest BCUT2D eigenvalue weighted by Crippen LogP contribution is 2.34. The van der Waals surface area contributed by atoms with Gasteiger partial charge in [-0.3, -0.25) is 9.69 Å². The van der Waals surface area contributed by atoms with E-state index in [1.807, 2.05) is 0 Å². The molecule has 1 aliphatic rings. The highest BCUT2D eigenvalue weighted by molar-refractivity contribution is 5.80. The molecule has 0 saturated carbocycles. The second-order valence-corrected chi connectivity index (χ2v) is 3.78. The van der Waals surface area contributed by atoms with Gasteiger partial charge in [0.25, 0.3) is 0 Å². The van der Waals surface area contributed by atoms with Gasteiger partial charge in [-0.1, -0.05) is 6.58 Å². The van der Waals surface area contributed by atoms with Gasteiger partial charge in [0, 0.05) is 13.0 Å². The van der Waals surface area contributed by atoms with E-state index in [2.05, 4.69) is 6.58 Å². The van der Waals surface area contributed by atoms with Crippen LogP contribution in [0.1, 0.15) is 13.3 Å². The van der Waals surface area contributed by atoms with Crippen molar-refractivity contribution >= 4 is 5.91 Å². The Morgan fingerprint density at radius 3 is 2.54 bits per heavy atom. The fourth-order valence-corrected chi connectivity index (χ4v) is 1.66. The van der Waals surface area contributed by atoms with Crippen LogP contribution in [0.3, 0.4) is 0 Å². The summed E-state index contributed by atoms with van der Waals surface area (Å²) in [6.45, 7) is 5.42. The lowest BCUT2D eigenvalue weighted by Gasteiger charge is -2.18. The average molecular weight is 186 g/mol. The summed E-state index contributed by atoms with van der Waals surface area (Å²) in [5.41, 5.74) is 4.14. The van der Waals surface area contributed by atoms with Gasteiger partial charge in [-0.2, -0.15) is 0 Å². The predicted molar refractivity (Wildman–Crippen MR) is 48.9 cm³/mol. The van der Waals surface area contributed by atoms with Gasteiger partial charge < -0.3 is 5.73 Å². The van der Waals surface area contributed by atoms with E-state index in [0.29, 0.717) is 5.57 Å². The van der Waals surface area contributed by atoms with E-state index in [1.54, 1.807) is 18.9 Å². The van der Waals surface area contributed by atoms with Gasteiger partial charge in [-0.05, 0) is 19.5 Å². The third kappa shape index (κ3) is 1.72. The van der Waals surface area contributed by atoms with E-state index in [-0.39, 0.29) is 13.0 Å². The molecule has 3 nitrogen and oxygen atoms in total. The topological polar surface area (TPSA) is 46.3 Å². The van der Waals surface area contributed by atoms with Crippen molar-refractivity contribution < 1.29 is 9.18 Å². The molecule has 2 N–H and O–H groups in total. The molecule has 0 spiro atoms. The number of halogens is 1. The summed E-state index contributed by atoms with van der Waals surface area (Å²) < 4.78 is 13.9. The van der Waals surface area contributed by atoms with Crippen LogP contribution < -0.4 is 5.73 Å². The van der Waals surface area contributed by atoms with Gasteiger partial charge in [0.15, 0.2) is 0 Å². The van der Waals surface area contributed by atoms with Crippen LogP contribution in [0.25, 0.3) is 0 Å². The number of likely N-dealkylation sites (N-methyl/N-ethyl adjacent to an activating group) is 1. The standard InChI is InChI=1S/C9H15FN2O/c1-6(2)9(10)4-7(8(11)13)12(3)5-9/h7H,1,4-5H2,2-3H3,(H2,11,13). The van der Waals surface area contributed by atoms with Gasteiger partial charge in [0.1, 0.15) is 5.67 Å². The molecule has 0 aromatic carbocycles. The number of hydrogen-bond acceptors (Lipinski definition) is 2. The number of nitrogens with zero attached hydrogens (tertiary/aromatic N) is 1. The van der Waals surface area contributed by atoms with Crippen LogP contribution in [0.2, 0.25) is 0 Å². The first kappa shape index (κ1) is 10.2. The van der Waals surface area contributed by atoms with Crippen molar-refractivity contribution in [1.29, 1.82) is 0 Å². The summed E-state index contributed by atoms with van der Waals surface area (Å²) >= 11 is 0. The Bertz CT molecular complexity index is 254. The number of carbonyl (C=O) groups is 1. The minimum absolute atomic E-state index is 0.133. The van der Waals surface area contributed by atoms with Crippen LogP contribution in [0.4, 0.5) is 4.39 Å². The first-order chi connectivity index (χ1) is 5.87. The Hall–Kier alpha value is -0.900. The Morgan fingerprint density at radius 2 is 2.31 bits per heavy atom. The van der Waals surface area contributed by atoms with Crippen molar-refractivity contribution in [3.63, 3.8) is 0 Å². The molecule has 74 valence electrons. The van der Waals surface area contributed by atoms with Crippen LogP contribution in [-0.2, 0) is 4.79 Å². The number of carbonyl (C=O) groups excluding carboxylic acids is 1. The minimum atomic E-state index is -1.45. The number of likely N-dealkylation sites (tertiary alicyclic amines) is 1. The summed E-state index contributed by atoms with van der Waals surface area (Å²) in [7, 11) is 1.69. The van der Waals surface area contributed by atoms with Crippen molar-refractivity contribution in [3.8, 4) is 0 Å². The quantitative estimate of drug-likeness (QED) is 0.637. The first-order valence-electron chi connectivity index (χ1n) is 4.21. The number of primary amides is 1. The van der Waals surface area contributed by atoms with Crippen molar-refractivity contribution in [2.75, 3.05) is 13.6 Å². The normalized spacial score (nSPS) is 34.8.